The van der Waals surface area contributed by atoms with Crippen molar-refractivity contribution in [2.24, 2.45) is 0 Å². The van der Waals surface area contributed by atoms with Gasteiger partial charge in [-0.15, -0.1) is 0 Å². The normalized spacial score (nSPS) is 11.1. The van der Waals surface area contributed by atoms with Gasteiger partial charge in [-0.2, -0.15) is 0 Å². The Morgan fingerprint density at radius 2 is 1.88 bits per heavy atom. The highest BCUT2D eigenvalue weighted by Crippen LogP contribution is 2.30. The highest BCUT2D eigenvalue weighted by atomic mass is 35.5. The SMILES string of the molecule is CCOC(=O)c1ccnc(-c2cc(C)c3nc(C)n(Cc4ccc(OCC)cc4Cl)c3c2)c1. The number of aromatic nitrogens is 3. The van der Waals surface area contributed by atoms with Crippen LogP contribution in [0.5, 0.6) is 5.75 Å². The monoisotopic (exact) mass is 463 g/mol. The van der Waals surface area contributed by atoms with Crippen LogP contribution in [0.1, 0.15) is 41.2 Å². The van der Waals surface area contributed by atoms with Gasteiger partial charge in [0.25, 0.3) is 0 Å². The molecule has 0 fully saturated rings. The van der Waals surface area contributed by atoms with Crippen LogP contribution < -0.4 is 4.74 Å². The lowest BCUT2D eigenvalue weighted by Gasteiger charge is -2.12. The topological polar surface area (TPSA) is 66.2 Å². The number of halogens is 1. The fraction of sp³-hybridized carbons (Fsp3) is 0.269. The molecular formula is C26H26ClN3O3. The zero-order chi connectivity index (χ0) is 23.5. The van der Waals surface area contributed by atoms with Crippen LogP contribution in [0.4, 0.5) is 0 Å². The molecule has 170 valence electrons. The number of hydrogen-bond donors (Lipinski definition) is 0. The molecule has 0 saturated heterocycles. The molecule has 0 radical (unpaired) electrons. The number of benzene rings is 2. The van der Waals surface area contributed by atoms with Crippen molar-refractivity contribution in [1.29, 1.82) is 0 Å². The Labute approximate surface area is 198 Å². The van der Waals surface area contributed by atoms with Crippen molar-refractivity contribution in [1.82, 2.24) is 14.5 Å². The first-order valence-corrected chi connectivity index (χ1v) is 11.3. The Morgan fingerprint density at radius 1 is 1.06 bits per heavy atom. The van der Waals surface area contributed by atoms with E-state index in [9.17, 15) is 4.79 Å². The second kappa shape index (κ2) is 9.63. The summed E-state index contributed by atoms with van der Waals surface area (Å²) in [5, 5.41) is 0.652. The summed E-state index contributed by atoms with van der Waals surface area (Å²) in [7, 11) is 0. The minimum atomic E-state index is -0.357. The van der Waals surface area contributed by atoms with E-state index >= 15 is 0 Å². The van der Waals surface area contributed by atoms with Crippen molar-refractivity contribution in [2.75, 3.05) is 13.2 Å². The van der Waals surface area contributed by atoms with E-state index in [0.29, 0.717) is 36.0 Å². The van der Waals surface area contributed by atoms with E-state index < -0.39 is 0 Å². The number of carbonyl (C=O) groups excluding carboxylic acids is 1. The molecule has 2 aromatic carbocycles. The number of imidazole rings is 1. The number of fused-ring (bicyclic) bond motifs is 1. The van der Waals surface area contributed by atoms with E-state index in [4.69, 9.17) is 26.1 Å². The summed E-state index contributed by atoms with van der Waals surface area (Å²) in [6.45, 7) is 9.25. The lowest BCUT2D eigenvalue weighted by Crippen LogP contribution is -2.05. The van der Waals surface area contributed by atoms with Crippen LogP contribution >= 0.6 is 11.6 Å². The zero-order valence-corrected chi connectivity index (χ0v) is 19.9. The third-order valence-electron chi connectivity index (χ3n) is 5.47. The van der Waals surface area contributed by atoms with Gasteiger partial charge in [-0.1, -0.05) is 17.7 Å². The molecule has 0 bridgehead atoms. The van der Waals surface area contributed by atoms with E-state index in [1.54, 1.807) is 25.3 Å². The summed E-state index contributed by atoms with van der Waals surface area (Å²) in [6, 6.07) is 13.3. The Kier molecular flexibility index (Phi) is 6.65. The largest absolute Gasteiger partial charge is 0.494 e. The number of nitrogens with zero attached hydrogens (tertiary/aromatic N) is 3. The van der Waals surface area contributed by atoms with Crippen molar-refractivity contribution in [3.05, 3.63) is 76.2 Å². The minimum absolute atomic E-state index is 0.328. The number of aryl methyl sites for hydroxylation is 2. The van der Waals surface area contributed by atoms with E-state index in [1.165, 1.54) is 0 Å². The van der Waals surface area contributed by atoms with E-state index in [-0.39, 0.29) is 5.97 Å². The third-order valence-corrected chi connectivity index (χ3v) is 5.82. The quantitative estimate of drug-likeness (QED) is 0.315. The van der Waals surface area contributed by atoms with Crippen LogP contribution in [-0.4, -0.2) is 33.7 Å². The van der Waals surface area contributed by atoms with Gasteiger partial charge in [0, 0.05) is 16.8 Å². The predicted octanol–water partition coefficient (Wildman–Crippen LogP) is 5.99. The summed E-state index contributed by atoms with van der Waals surface area (Å²) in [6.07, 6.45) is 1.63. The molecule has 0 saturated carbocycles. The van der Waals surface area contributed by atoms with Crippen LogP contribution in [0.25, 0.3) is 22.3 Å². The van der Waals surface area contributed by atoms with Crippen molar-refractivity contribution in [3.63, 3.8) is 0 Å². The summed E-state index contributed by atoms with van der Waals surface area (Å²) >= 11 is 6.55. The van der Waals surface area contributed by atoms with Crippen molar-refractivity contribution in [2.45, 2.75) is 34.2 Å². The van der Waals surface area contributed by atoms with Crippen LogP contribution in [0.15, 0.2) is 48.7 Å². The van der Waals surface area contributed by atoms with Crippen LogP contribution in [0, 0.1) is 13.8 Å². The molecule has 0 atom stereocenters. The molecule has 6 nitrogen and oxygen atoms in total. The number of hydrogen-bond acceptors (Lipinski definition) is 5. The number of carbonyl (C=O) groups is 1. The maximum Gasteiger partial charge on any atom is 0.338 e. The summed E-state index contributed by atoms with van der Waals surface area (Å²) in [5.74, 6) is 1.29. The molecule has 0 N–H and O–H groups in total. The van der Waals surface area contributed by atoms with Gasteiger partial charge >= 0.3 is 5.97 Å². The first-order valence-electron chi connectivity index (χ1n) is 10.9. The molecule has 0 aliphatic rings. The van der Waals surface area contributed by atoms with Gasteiger partial charge < -0.3 is 14.0 Å². The molecule has 4 rings (SSSR count). The number of esters is 1. The van der Waals surface area contributed by atoms with Gasteiger partial charge in [0.2, 0.25) is 0 Å². The fourth-order valence-corrected chi connectivity index (χ4v) is 4.10. The summed E-state index contributed by atoms with van der Waals surface area (Å²) < 4.78 is 12.8. The Bertz CT molecular complexity index is 1330. The average Bonchev–Trinajstić information content (AvgIpc) is 3.12. The molecule has 0 unspecified atom stereocenters. The van der Waals surface area contributed by atoms with Crippen LogP contribution in [0.2, 0.25) is 5.02 Å². The molecule has 0 spiro atoms. The molecule has 4 aromatic rings. The highest BCUT2D eigenvalue weighted by Gasteiger charge is 2.15. The number of rotatable bonds is 7. The second-order valence-corrected chi connectivity index (χ2v) is 8.15. The maximum absolute atomic E-state index is 12.2. The van der Waals surface area contributed by atoms with Gasteiger partial charge in [-0.05, 0) is 75.2 Å². The molecule has 0 aliphatic heterocycles. The van der Waals surface area contributed by atoms with Crippen molar-refractivity contribution in [3.8, 4) is 17.0 Å². The zero-order valence-electron chi connectivity index (χ0n) is 19.2. The number of pyridine rings is 1. The van der Waals surface area contributed by atoms with Gasteiger partial charge in [0.05, 0.1) is 42.0 Å². The Morgan fingerprint density at radius 3 is 2.61 bits per heavy atom. The first kappa shape index (κ1) is 22.8. The lowest BCUT2D eigenvalue weighted by atomic mass is 10.0. The van der Waals surface area contributed by atoms with Gasteiger partial charge in [-0.25, -0.2) is 9.78 Å². The van der Waals surface area contributed by atoms with Crippen molar-refractivity contribution >= 4 is 28.6 Å². The van der Waals surface area contributed by atoms with E-state index in [1.807, 2.05) is 45.0 Å². The molecule has 7 heteroatoms. The Balaban J connectivity index is 1.76. The van der Waals surface area contributed by atoms with E-state index in [2.05, 4.69) is 15.6 Å². The predicted molar refractivity (Wildman–Crippen MR) is 130 cm³/mol. The van der Waals surface area contributed by atoms with Gasteiger partial charge in [0.15, 0.2) is 0 Å². The average molecular weight is 464 g/mol. The number of ether oxygens (including phenoxy) is 2. The first-order chi connectivity index (χ1) is 15.9. The summed E-state index contributed by atoms with van der Waals surface area (Å²) in [5.41, 5.74) is 6.01. The maximum atomic E-state index is 12.2. The molecule has 0 aliphatic carbocycles. The molecular weight excluding hydrogens is 438 g/mol. The fourth-order valence-electron chi connectivity index (χ4n) is 3.87. The van der Waals surface area contributed by atoms with Gasteiger partial charge in [-0.3, -0.25) is 4.98 Å². The molecule has 2 heterocycles. The molecule has 33 heavy (non-hydrogen) atoms. The standard InChI is InChI=1S/C26H26ClN3O3/c1-5-32-21-8-7-19(22(27)14-21)15-30-17(4)29-25-16(3)11-20(13-24(25)30)23-12-18(9-10-28-23)26(31)33-6-2/h7-14H,5-6,15H2,1-4H3. The van der Waals surface area contributed by atoms with E-state index in [0.717, 1.165) is 39.3 Å². The second-order valence-electron chi connectivity index (χ2n) is 7.74. The Hall–Kier alpha value is -3.38. The third kappa shape index (κ3) is 4.71. The molecule has 2 aromatic heterocycles. The lowest BCUT2D eigenvalue weighted by molar-refractivity contribution is 0.0526. The minimum Gasteiger partial charge on any atom is -0.494 e. The van der Waals surface area contributed by atoms with Crippen LogP contribution in [-0.2, 0) is 11.3 Å². The molecule has 0 amide bonds. The van der Waals surface area contributed by atoms with Crippen molar-refractivity contribution < 1.29 is 14.3 Å². The highest BCUT2D eigenvalue weighted by molar-refractivity contribution is 6.31. The van der Waals surface area contributed by atoms with Gasteiger partial charge in [0.1, 0.15) is 11.6 Å². The summed E-state index contributed by atoms with van der Waals surface area (Å²) in [4.78, 5) is 21.5. The van der Waals surface area contributed by atoms with Crippen LogP contribution in [0.3, 0.4) is 0 Å². The smallest absolute Gasteiger partial charge is 0.338 e.